The minimum absolute atomic E-state index is 0.000484. The summed E-state index contributed by atoms with van der Waals surface area (Å²) in [5, 5.41) is 0. The van der Waals surface area contributed by atoms with Gasteiger partial charge < -0.3 is 4.74 Å². The van der Waals surface area contributed by atoms with E-state index in [0.717, 1.165) is 17.5 Å². The standard InChI is InChI=1S/C25H29NO3/c1-5-12-19(4)17-22(27)26-23(18(2)3)25(29-24(26)28,20-13-8-6-9-14-20)21-15-10-7-11-16-21/h5-11,13-16,18-19,23H,1,12,17H2,2-4H3. The second-order valence-electron chi connectivity index (χ2n) is 8.12. The average Bonchev–Trinajstić information content (AvgIpc) is 3.04. The van der Waals surface area contributed by atoms with E-state index in [0.29, 0.717) is 0 Å². The molecule has 4 nitrogen and oxygen atoms in total. The Bertz CT molecular complexity index is 821. The van der Waals surface area contributed by atoms with Crippen LogP contribution in [0.5, 0.6) is 0 Å². The molecule has 2 unspecified atom stereocenters. The van der Waals surface area contributed by atoms with E-state index < -0.39 is 17.7 Å². The fourth-order valence-corrected chi connectivity index (χ4v) is 4.33. The number of amides is 2. The molecule has 1 saturated heterocycles. The lowest BCUT2D eigenvalue weighted by Gasteiger charge is -2.37. The molecule has 4 heteroatoms. The van der Waals surface area contributed by atoms with Crippen molar-refractivity contribution in [2.45, 2.75) is 45.3 Å². The Labute approximate surface area is 173 Å². The molecule has 0 aromatic heterocycles. The van der Waals surface area contributed by atoms with Gasteiger partial charge in [-0.25, -0.2) is 9.69 Å². The van der Waals surface area contributed by atoms with Crippen molar-refractivity contribution in [3.8, 4) is 0 Å². The van der Waals surface area contributed by atoms with Crippen molar-refractivity contribution in [1.82, 2.24) is 4.90 Å². The zero-order chi connectivity index (χ0) is 21.0. The molecule has 152 valence electrons. The van der Waals surface area contributed by atoms with Gasteiger partial charge in [0.25, 0.3) is 0 Å². The summed E-state index contributed by atoms with van der Waals surface area (Å²) in [6, 6.07) is 19.0. The average molecular weight is 392 g/mol. The number of hydrogen-bond donors (Lipinski definition) is 0. The van der Waals surface area contributed by atoms with Crippen LogP contribution in [0.15, 0.2) is 73.3 Å². The van der Waals surface area contributed by atoms with E-state index in [4.69, 9.17) is 4.74 Å². The third kappa shape index (κ3) is 3.84. The Kier molecular flexibility index (Phi) is 6.21. The van der Waals surface area contributed by atoms with Gasteiger partial charge in [-0.2, -0.15) is 0 Å². The van der Waals surface area contributed by atoms with Gasteiger partial charge in [-0.15, -0.1) is 6.58 Å². The summed E-state index contributed by atoms with van der Waals surface area (Å²) in [6.45, 7) is 9.80. The summed E-state index contributed by atoms with van der Waals surface area (Å²) in [6.07, 6.45) is 2.23. The Morgan fingerprint density at radius 2 is 1.59 bits per heavy atom. The van der Waals surface area contributed by atoms with Crippen LogP contribution >= 0.6 is 0 Å². The number of imide groups is 1. The highest BCUT2D eigenvalue weighted by atomic mass is 16.6. The maximum atomic E-state index is 13.2. The molecule has 1 heterocycles. The second kappa shape index (κ2) is 8.64. The quantitative estimate of drug-likeness (QED) is 0.583. The number of carbonyl (C=O) groups excluding carboxylic acids is 2. The topological polar surface area (TPSA) is 46.6 Å². The number of benzene rings is 2. The van der Waals surface area contributed by atoms with Gasteiger partial charge in [0.15, 0.2) is 5.60 Å². The molecule has 2 aromatic rings. The number of ether oxygens (including phenoxy) is 1. The first-order valence-corrected chi connectivity index (χ1v) is 10.2. The van der Waals surface area contributed by atoms with E-state index >= 15 is 0 Å². The summed E-state index contributed by atoms with van der Waals surface area (Å²) in [5.74, 6) is -0.0821. The zero-order valence-corrected chi connectivity index (χ0v) is 17.4. The molecular formula is C25H29NO3. The highest BCUT2D eigenvalue weighted by Gasteiger charge is 2.59. The second-order valence-corrected chi connectivity index (χ2v) is 8.12. The predicted molar refractivity (Wildman–Crippen MR) is 114 cm³/mol. The molecule has 2 aromatic carbocycles. The van der Waals surface area contributed by atoms with Crippen molar-refractivity contribution in [1.29, 1.82) is 0 Å². The molecule has 1 aliphatic heterocycles. The molecule has 0 bridgehead atoms. The van der Waals surface area contributed by atoms with Gasteiger partial charge in [0, 0.05) is 17.5 Å². The molecule has 0 spiro atoms. The first-order chi connectivity index (χ1) is 13.9. The lowest BCUT2D eigenvalue weighted by molar-refractivity contribution is -0.131. The summed E-state index contributed by atoms with van der Waals surface area (Å²) in [7, 11) is 0. The largest absolute Gasteiger partial charge is 0.430 e. The summed E-state index contributed by atoms with van der Waals surface area (Å²) in [5.41, 5.74) is 0.700. The predicted octanol–water partition coefficient (Wildman–Crippen LogP) is 5.54. The fraction of sp³-hybridized carbons (Fsp3) is 0.360. The number of allylic oxidation sites excluding steroid dienone is 1. The zero-order valence-electron chi connectivity index (χ0n) is 17.4. The highest BCUT2D eigenvalue weighted by Crippen LogP contribution is 2.47. The smallest absolute Gasteiger partial charge is 0.418 e. The van der Waals surface area contributed by atoms with Gasteiger partial charge in [0.05, 0.1) is 6.04 Å². The Morgan fingerprint density at radius 3 is 2.03 bits per heavy atom. The van der Waals surface area contributed by atoms with Gasteiger partial charge in [-0.3, -0.25) is 4.79 Å². The molecule has 0 N–H and O–H groups in total. The van der Waals surface area contributed by atoms with Crippen LogP contribution in [-0.2, 0) is 15.1 Å². The Balaban J connectivity index is 2.13. The molecule has 2 amide bonds. The minimum Gasteiger partial charge on any atom is -0.430 e. The third-order valence-corrected chi connectivity index (χ3v) is 5.54. The van der Waals surface area contributed by atoms with Gasteiger partial charge in [-0.1, -0.05) is 87.5 Å². The summed E-state index contributed by atoms with van der Waals surface area (Å²) < 4.78 is 6.12. The Morgan fingerprint density at radius 1 is 1.07 bits per heavy atom. The van der Waals surface area contributed by atoms with E-state index in [9.17, 15) is 9.59 Å². The van der Waals surface area contributed by atoms with E-state index in [1.54, 1.807) is 6.08 Å². The van der Waals surface area contributed by atoms with Crippen LogP contribution in [0.4, 0.5) is 4.79 Å². The normalized spacial score (nSPS) is 19.1. The third-order valence-electron chi connectivity index (χ3n) is 5.54. The molecule has 1 fully saturated rings. The van der Waals surface area contributed by atoms with Crippen LogP contribution in [0.3, 0.4) is 0 Å². The lowest BCUT2D eigenvalue weighted by atomic mass is 9.75. The van der Waals surface area contributed by atoms with E-state index in [2.05, 4.69) is 6.58 Å². The van der Waals surface area contributed by atoms with Crippen molar-refractivity contribution in [3.05, 3.63) is 84.4 Å². The number of rotatable bonds is 7. The van der Waals surface area contributed by atoms with E-state index in [1.165, 1.54) is 4.90 Å². The van der Waals surface area contributed by atoms with Crippen molar-refractivity contribution in [2.24, 2.45) is 11.8 Å². The molecule has 0 radical (unpaired) electrons. The number of cyclic esters (lactones) is 1. The van der Waals surface area contributed by atoms with Gasteiger partial charge >= 0.3 is 6.09 Å². The van der Waals surface area contributed by atoms with Crippen LogP contribution in [0.25, 0.3) is 0 Å². The van der Waals surface area contributed by atoms with Gasteiger partial charge in [0.1, 0.15) is 0 Å². The molecular weight excluding hydrogens is 362 g/mol. The number of carbonyl (C=O) groups is 2. The first-order valence-electron chi connectivity index (χ1n) is 10.2. The highest BCUT2D eigenvalue weighted by molar-refractivity contribution is 5.95. The van der Waals surface area contributed by atoms with Crippen LogP contribution in [0.1, 0.15) is 44.7 Å². The van der Waals surface area contributed by atoms with Crippen molar-refractivity contribution >= 4 is 12.0 Å². The van der Waals surface area contributed by atoms with E-state index in [1.807, 2.05) is 81.4 Å². The Hall–Kier alpha value is -2.88. The molecule has 2 atom stereocenters. The van der Waals surface area contributed by atoms with Gasteiger partial charge in [-0.05, 0) is 18.3 Å². The van der Waals surface area contributed by atoms with Crippen molar-refractivity contribution in [2.75, 3.05) is 0 Å². The maximum Gasteiger partial charge on any atom is 0.418 e. The molecule has 0 saturated carbocycles. The molecule has 0 aliphatic carbocycles. The van der Waals surface area contributed by atoms with Crippen LogP contribution < -0.4 is 0 Å². The summed E-state index contributed by atoms with van der Waals surface area (Å²) in [4.78, 5) is 27.6. The monoisotopic (exact) mass is 391 g/mol. The number of nitrogens with zero attached hydrogens (tertiary/aromatic N) is 1. The van der Waals surface area contributed by atoms with Crippen LogP contribution in [0.2, 0.25) is 0 Å². The molecule has 3 rings (SSSR count). The molecule has 1 aliphatic rings. The summed E-state index contributed by atoms with van der Waals surface area (Å²) >= 11 is 0. The van der Waals surface area contributed by atoms with Gasteiger partial charge in [0.2, 0.25) is 5.91 Å². The van der Waals surface area contributed by atoms with Crippen molar-refractivity contribution in [3.63, 3.8) is 0 Å². The SMILES string of the molecule is C=CCC(C)CC(=O)N1C(=O)OC(c2ccccc2)(c2ccccc2)C1C(C)C. The van der Waals surface area contributed by atoms with Crippen LogP contribution in [0, 0.1) is 11.8 Å². The number of hydrogen-bond acceptors (Lipinski definition) is 3. The fourth-order valence-electron chi connectivity index (χ4n) is 4.33. The minimum atomic E-state index is -1.04. The maximum absolute atomic E-state index is 13.2. The lowest BCUT2D eigenvalue weighted by Crippen LogP contribution is -2.50. The first kappa shape index (κ1) is 20.8. The molecule has 29 heavy (non-hydrogen) atoms. The van der Waals surface area contributed by atoms with E-state index in [-0.39, 0.29) is 24.2 Å². The van der Waals surface area contributed by atoms with Crippen molar-refractivity contribution < 1.29 is 14.3 Å². The van der Waals surface area contributed by atoms with Crippen LogP contribution in [-0.4, -0.2) is 22.9 Å².